The van der Waals surface area contributed by atoms with Gasteiger partial charge in [-0.15, -0.1) is 0 Å². The molecule has 2 aromatic rings. The van der Waals surface area contributed by atoms with E-state index in [9.17, 15) is 9.59 Å². The monoisotopic (exact) mass is 456 g/mol. The zero-order valence-electron chi connectivity index (χ0n) is 20.0. The number of halogens is 1. The smallest absolute Gasteiger partial charge is 0.242 e. The Morgan fingerprint density at radius 3 is 2.06 bits per heavy atom. The molecule has 0 radical (unpaired) electrons. The molecular weight excluding hydrogens is 420 g/mol. The lowest BCUT2D eigenvalue weighted by molar-refractivity contribution is -0.141. The molecule has 0 saturated carbocycles. The molecule has 0 heterocycles. The number of carbonyl (C=O) groups is 2. The van der Waals surface area contributed by atoms with Crippen LogP contribution in [0.1, 0.15) is 70.1 Å². The van der Waals surface area contributed by atoms with Crippen LogP contribution in [0.25, 0.3) is 0 Å². The van der Waals surface area contributed by atoms with Gasteiger partial charge in [0.25, 0.3) is 0 Å². The summed E-state index contributed by atoms with van der Waals surface area (Å²) in [6.45, 7) is 11.4. The van der Waals surface area contributed by atoms with Gasteiger partial charge in [-0.25, -0.2) is 0 Å². The van der Waals surface area contributed by atoms with Crippen LogP contribution in [0.5, 0.6) is 0 Å². The molecule has 0 aliphatic carbocycles. The van der Waals surface area contributed by atoms with Gasteiger partial charge in [-0.05, 0) is 53.5 Å². The van der Waals surface area contributed by atoms with Gasteiger partial charge in [0.05, 0.1) is 0 Å². The van der Waals surface area contributed by atoms with Crippen molar-refractivity contribution >= 4 is 23.4 Å². The Morgan fingerprint density at radius 2 is 1.53 bits per heavy atom. The number of aryl methyl sites for hydroxylation is 1. The van der Waals surface area contributed by atoms with Crippen molar-refractivity contribution in [3.63, 3.8) is 0 Å². The standard InChI is InChI=1S/C27H37ClN2O2/c1-6-25(27(32)29-17-19(2)3)30(18-22-9-14-24(28)15-10-22)26(31)16-11-21-7-12-23(13-8-21)20(4)5/h7-10,12-15,19-20,25H,6,11,16-18H2,1-5H3,(H,29,32)/t25-/m1/s1. The van der Waals surface area contributed by atoms with Crippen molar-refractivity contribution in [3.05, 3.63) is 70.2 Å². The van der Waals surface area contributed by atoms with Gasteiger partial charge in [-0.3, -0.25) is 9.59 Å². The van der Waals surface area contributed by atoms with Crippen LogP contribution in [0.4, 0.5) is 0 Å². The van der Waals surface area contributed by atoms with E-state index in [4.69, 9.17) is 11.6 Å². The first-order valence-corrected chi connectivity index (χ1v) is 12.0. The first-order chi connectivity index (χ1) is 15.2. The zero-order chi connectivity index (χ0) is 23.7. The number of nitrogens with zero attached hydrogens (tertiary/aromatic N) is 1. The van der Waals surface area contributed by atoms with Gasteiger partial charge in [0.15, 0.2) is 0 Å². The van der Waals surface area contributed by atoms with Crippen molar-refractivity contribution < 1.29 is 9.59 Å². The number of rotatable bonds is 11. The summed E-state index contributed by atoms with van der Waals surface area (Å²) >= 11 is 6.03. The van der Waals surface area contributed by atoms with Crippen molar-refractivity contribution in [3.8, 4) is 0 Å². The van der Waals surface area contributed by atoms with Gasteiger partial charge in [0, 0.05) is 24.5 Å². The fourth-order valence-corrected chi connectivity index (χ4v) is 3.72. The van der Waals surface area contributed by atoms with E-state index in [-0.39, 0.29) is 11.8 Å². The Hall–Kier alpha value is -2.33. The van der Waals surface area contributed by atoms with Crippen molar-refractivity contribution in [2.75, 3.05) is 6.54 Å². The second-order valence-electron chi connectivity index (χ2n) is 9.11. The molecular formula is C27H37ClN2O2. The summed E-state index contributed by atoms with van der Waals surface area (Å²) in [5.74, 6) is 0.727. The van der Waals surface area contributed by atoms with E-state index in [1.165, 1.54) is 5.56 Å². The molecule has 0 aliphatic rings. The lowest BCUT2D eigenvalue weighted by Gasteiger charge is -2.31. The van der Waals surface area contributed by atoms with E-state index < -0.39 is 6.04 Å². The van der Waals surface area contributed by atoms with Crippen molar-refractivity contribution in [1.29, 1.82) is 0 Å². The van der Waals surface area contributed by atoms with Gasteiger partial charge in [0.2, 0.25) is 11.8 Å². The number of nitrogens with one attached hydrogen (secondary N) is 1. The topological polar surface area (TPSA) is 49.4 Å². The largest absolute Gasteiger partial charge is 0.354 e. The van der Waals surface area contributed by atoms with Crippen LogP contribution in [0.2, 0.25) is 5.02 Å². The lowest BCUT2D eigenvalue weighted by atomic mass is 10.00. The van der Waals surface area contributed by atoms with Gasteiger partial charge < -0.3 is 10.2 Å². The Balaban J connectivity index is 2.16. The molecule has 0 fully saturated rings. The van der Waals surface area contributed by atoms with Crippen molar-refractivity contribution in [2.45, 2.75) is 72.4 Å². The lowest BCUT2D eigenvalue weighted by Crippen LogP contribution is -2.49. The van der Waals surface area contributed by atoms with Gasteiger partial charge >= 0.3 is 0 Å². The van der Waals surface area contributed by atoms with E-state index in [1.807, 2.05) is 31.2 Å². The number of amides is 2. The molecule has 0 bridgehead atoms. The Bertz CT molecular complexity index is 860. The van der Waals surface area contributed by atoms with Crippen LogP contribution >= 0.6 is 11.6 Å². The fraction of sp³-hybridized carbons (Fsp3) is 0.481. The first-order valence-electron chi connectivity index (χ1n) is 11.6. The second kappa shape index (κ2) is 12.6. The first kappa shape index (κ1) is 25.9. The van der Waals surface area contributed by atoms with Crippen molar-refractivity contribution in [2.24, 2.45) is 5.92 Å². The minimum Gasteiger partial charge on any atom is -0.354 e. The Kier molecular flexibility index (Phi) is 10.2. The van der Waals surface area contributed by atoms with E-state index in [0.29, 0.717) is 49.2 Å². The number of hydrogen-bond donors (Lipinski definition) is 1. The molecule has 0 spiro atoms. The highest BCUT2D eigenvalue weighted by Gasteiger charge is 2.28. The molecule has 4 nitrogen and oxygen atoms in total. The maximum Gasteiger partial charge on any atom is 0.242 e. The molecule has 2 aromatic carbocycles. The highest BCUT2D eigenvalue weighted by atomic mass is 35.5. The summed E-state index contributed by atoms with van der Waals surface area (Å²) in [4.78, 5) is 28.0. The maximum atomic E-state index is 13.3. The third-order valence-electron chi connectivity index (χ3n) is 5.61. The average Bonchev–Trinajstić information content (AvgIpc) is 2.77. The van der Waals surface area contributed by atoms with Crippen LogP contribution in [0, 0.1) is 5.92 Å². The predicted octanol–water partition coefficient (Wildman–Crippen LogP) is 5.98. The van der Waals surface area contributed by atoms with E-state index in [0.717, 1.165) is 11.1 Å². The van der Waals surface area contributed by atoms with Crippen LogP contribution in [-0.4, -0.2) is 29.3 Å². The summed E-state index contributed by atoms with van der Waals surface area (Å²) in [5.41, 5.74) is 3.38. The summed E-state index contributed by atoms with van der Waals surface area (Å²) < 4.78 is 0. The highest BCUT2D eigenvalue weighted by molar-refractivity contribution is 6.30. The van der Waals surface area contributed by atoms with Gasteiger partial charge in [-0.1, -0.05) is 82.6 Å². The summed E-state index contributed by atoms with van der Waals surface area (Å²) in [5, 5.41) is 3.65. The quantitative estimate of drug-likeness (QED) is 0.452. The molecule has 0 aromatic heterocycles. The summed E-state index contributed by atoms with van der Waals surface area (Å²) in [6.07, 6.45) is 1.58. The summed E-state index contributed by atoms with van der Waals surface area (Å²) in [7, 11) is 0. The fourth-order valence-electron chi connectivity index (χ4n) is 3.59. The molecule has 1 N–H and O–H groups in total. The number of carbonyl (C=O) groups excluding carboxylic acids is 2. The van der Waals surface area contributed by atoms with E-state index in [1.54, 1.807) is 4.90 Å². The van der Waals surface area contributed by atoms with E-state index >= 15 is 0 Å². The van der Waals surface area contributed by atoms with Crippen LogP contribution in [0.15, 0.2) is 48.5 Å². The van der Waals surface area contributed by atoms with Crippen molar-refractivity contribution in [1.82, 2.24) is 10.2 Å². The maximum absolute atomic E-state index is 13.3. The molecule has 1 atom stereocenters. The second-order valence-corrected chi connectivity index (χ2v) is 9.54. The van der Waals surface area contributed by atoms with Gasteiger partial charge in [0.1, 0.15) is 6.04 Å². The zero-order valence-corrected chi connectivity index (χ0v) is 20.8. The third-order valence-corrected chi connectivity index (χ3v) is 5.86. The highest BCUT2D eigenvalue weighted by Crippen LogP contribution is 2.19. The average molecular weight is 457 g/mol. The Morgan fingerprint density at radius 1 is 0.938 bits per heavy atom. The molecule has 174 valence electrons. The Labute approximate surface area is 198 Å². The van der Waals surface area contributed by atoms with Crippen LogP contribution in [-0.2, 0) is 22.6 Å². The molecule has 2 rings (SSSR count). The molecule has 2 amide bonds. The van der Waals surface area contributed by atoms with E-state index in [2.05, 4.69) is 57.3 Å². The molecule has 32 heavy (non-hydrogen) atoms. The SMILES string of the molecule is CC[C@H](C(=O)NCC(C)C)N(Cc1ccc(Cl)cc1)C(=O)CCc1ccc(C(C)C)cc1. The number of benzene rings is 2. The third kappa shape index (κ3) is 7.98. The van der Waals surface area contributed by atoms with Gasteiger partial charge in [-0.2, -0.15) is 0 Å². The minimum atomic E-state index is -0.500. The molecule has 0 unspecified atom stereocenters. The normalized spacial score (nSPS) is 12.1. The van der Waals surface area contributed by atoms with Crippen LogP contribution in [0.3, 0.4) is 0 Å². The van der Waals surface area contributed by atoms with Crippen LogP contribution < -0.4 is 5.32 Å². The predicted molar refractivity (Wildman–Crippen MR) is 133 cm³/mol. The molecule has 5 heteroatoms. The number of hydrogen-bond acceptors (Lipinski definition) is 2. The summed E-state index contributed by atoms with van der Waals surface area (Å²) in [6, 6.07) is 15.4. The minimum absolute atomic E-state index is 0.0144. The molecule has 0 aliphatic heterocycles. The molecule has 0 saturated heterocycles.